The molecule has 0 saturated heterocycles. The van der Waals surface area contributed by atoms with Crippen molar-refractivity contribution in [3.05, 3.63) is 42.6 Å². The van der Waals surface area contributed by atoms with Gasteiger partial charge in [0.05, 0.1) is 11.7 Å². The molecule has 1 unspecified atom stereocenters. The number of para-hydroxylation sites is 1. The van der Waals surface area contributed by atoms with Gasteiger partial charge >= 0.3 is 0 Å². The highest BCUT2D eigenvalue weighted by Gasteiger charge is 2.13. The third kappa shape index (κ3) is 1.83. The quantitative estimate of drug-likeness (QED) is 0.713. The zero-order valence-corrected chi connectivity index (χ0v) is 7.76. The number of nitrogens with zero attached hydrogens (tertiary/aromatic N) is 1. The van der Waals surface area contributed by atoms with Gasteiger partial charge in [0.15, 0.2) is 0 Å². The van der Waals surface area contributed by atoms with Gasteiger partial charge in [-0.3, -0.25) is 5.01 Å². The van der Waals surface area contributed by atoms with Crippen LogP contribution in [0.15, 0.2) is 42.6 Å². The van der Waals surface area contributed by atoms with Gasteiger partial charge in [-0.25, -0.2) is 5.43 Å². The van der Waals surface area contributed by atoms with E-state index in [-0.39, 0.29) is 6.04 Å². The van der Waals surface area contributed by atoms with Crippen molar-refractivity contribution < 1.29 is 4.79 Å². The summed E-state index contributed by atoms with van der Waals surface area (Å²) in [7, 11) is 0. The van der Waals surface area contributed by atoms with E-state index in [1.807, 2.05) is 47.6 Å². The molecule has 1 atom stereocenters. The molecule has 3 nitrogen and oxygen atoms in total. The molecule has 0 amide bonds. The molecule has 1 aliphatic heterocycles. The molecule has 1 aliphatic rings. The smallest absolute Gasteiger partial charge is 0.139 e. The second kappa shape index (κ2) is 4.07. The molecule has 1 aromatic carbocycles. The lowest BCUT2D eigenvalue weighted by atomic mass is 10.2. The Kier molecular flexibility index (Phi) is 2.60. The summed E-state index contributed by atoms with van der Waals surface area (Å²) in [4.78, 5) is 10.6. The molecule has 14 heavy (non-hydrogen) atoms. The summed E-state index contributed by atoms with van der Waals surface area (Å²) in [5, 5.41) is 1.86. The van der Waals surface area contributed by atoms with Gasteiger partial charge < -0.3 is 4.79 Å². The van der Waals surface area contributed by atoms with Crippen molar-refractivity contribution in [2.75, 3.05) is 5.01 Å². The van der Waals surface area contributed by atoms with Crippen LogP contribution in [-0.4, -0.2) is 12.3 Å². The SMILES string of the molecule is O=CC1CC=CN(c2ccccc2)N1. The molecular weight excluding hydrogens is 176 g/mol. The number of anilines is 1. The molecule has 72 valence electrons. The minimum absolute atomic E-state index is 0.111. The molecular formula is C11H12N2O. The Labute approximate surface area is 83.0 Å². The molecule has 0 fully saturated rings. The predicted molar refractivity (Wildman–Crippen MR) is 55.7 cm³/mol. The fraction of sp³-hybridized carbons (Fsp3) is 0.182. The number of nitrogens with one attached hydrogen (secondary N) is 1. The van der Waals surface area contributed by atoms with Crippen LogP contribution in [0.3, 0.4) is 0 Å². The Bertz CT molecular complexity index is 334. The minimum atomic E-state index is -0.111. The Morgan fingerprint density at radius 2 is 2.14 bits per heavy atom. The molecule has 2 rings (SSSR count). The number of carbonyl (C=O) groups excluding carboxylic acids is 1. The maximum atomic E-state index is 10.6. The van der Waals surface area contributed by atoms with E-state index in [0.29, 0.717) is 0 Å². The fourth-order valence-corrected chi connectivity index (χ4v) is 1.42. The van der Waals surface area contributed by atoms with E-state index >= 15 is 0 Å². The van der Waals surface area contributed by atoms with Gasteiger partial charge in [0.25, 0.3) is 0 Å². The Balaban J connectivity index is 2.16. The van der Waals surface area contributed by atoms with Crippen molar-refractivity contribution in [1.82, 2.24) is 5.43 Å². The van der Waals surface area contributed by atoms with E-state index in [0.717, 1.165) is 18.4 Å². The molecule has 1 aromatic rings. The summed E-state index contributed by atoms with van der Waals surface area (Å²) in [6.45, 7) is 0. The topological polar surface area (TPSA) is 32.3 Å². The molecule has 1 heterocycles. The zero-order chi connectivity index (χ0) is 9.80. The lowest BCUT2D eigenvalue weighted by molar-refractivity contribution is -0.109. The summed E-state index contributed by atoms with van der Waals surface area (Å²) in [6.07, 6.45) is 5.62. The van der Waals surface area contributed by atoms with Crippen LogP contribution < -0.4 is 10.4 Å². The van der Waals surface area contributed by atoms with Gasteiger partial charge in [-0.2, -0.15) is 0 Å². The van der Waals surface area contributed by atoms with Crippen LogP contribution in [0.4, 0.5) is 5.69 Å². The predicted octanol–water partition coefficient (Wildman–Crippen LogP) is 1.48. The summed E-state index contributed by atoms with van der Waals surface area (Å²) in [5.41, 5.74) is 4.14. The van der Waals surface area contributed by atoms with Gasteiger partial charge in [-0.1, -0.05) is 24.3 Å². The van der Waals surface area contributed by atoms with E-state index in [1.165, 1.54) is 0 Å². The number of hydrazine groups is 1. The number of benzene rings is 1. The highest BCUT2D eigenvalue weighted by molar-refractivity contribution is 5.60. The van der Waals surface area contributed by atoms with Crippen molar-refractivity contribution >= 4 is 12.0 Å². The second-order valence-electron chi connectivity index (χ2n) is 3.20. The molecule has 0 aromatic heterocycles. The highest BCUT2D eigenvalue weighted by atomic mass is 16.1. The van der Waals surface area contributed by atoms with Crippen LogP contribution >= 0.6 is 0 Å². The lowest BCUT2D eigenvalue weighted by Gasteiger charge is -2.28. The van der Waals surface area contributed by atoms with Crippen molar-refractivity contribution in [2.45, 2.75) is 12.5 Å². The molecule has 3 heteroatoms. The molecule has 0 aliphatic carbocycles. The Hall–Kier alpha value is -1.61. The van der Waals surface area contributed by atoms with E-state index in [4.69, 9.17) is 0 Å². The standard InChI is InChI=1S/C11H12N2O/c14-9-10-5-4-8-13(12-10)11-6-2-1-3-7-11/h1-4,6-10,12H,5H2. The maximum absolute atomic E-state index is 10.6. The van der Waals surface area contributed by atoms with Crippen molar-refractivity contribution in [2.24, 2.45) is 0 Å². The zero-order valence-electron chi connectivity index (χ0n) is 7.76. The average molecular weight is 188 g/mol. The highest BCUT2D eigenvalue weighted by Crippen LogP contribution is 2.14. The third-order valence-corrected chi connectivity index (χ3v) is 2.15. The second-order valence-corrected chi connectivity index (χ2v) is 3.20. The largest absolute Gasteiger partial charge is 0.302 e. The van der Waals surface area contributed by atoms with Gasteiger partial charge in [0, 0.05) is 6.20 Å². The van der Waals surface area contributed by atoms with E-state index in [2.05, 4.69) is 5.43 Å². The maximum Gasteiger partial charge on any atom is 0.139 e. The Morgan fingerprint density at radius 3 is 2.86 bits per heavy atom. The van der Waals surface area contributed by atoms with E-state index in [1.54, 1.807) is 0 Å². The number of hydrogen-bond donors (Lipinski definition) is 1. The number of hydrogen-bond acceptors (Lipinski definition) is 3. The molecule has 0 radical (unpaired) electrons. The average Bonchev–Trinajstić information content (AvgIpc) is 2.30. The number of aldehydes is 1. The van der Waals surface area contributed by atoms with Gasteiger partial charge in [0.1, 0.15) is 6.29 Å². The molecule has 0 saturated carbocycles. The summed E-state index contributed by atoms with van der Waals surface area (Å²) >= 11 is 0. The molecule has 0 spiro atoms. The van der Waals surface area contributed by atoms with Crippen LogP contribution in [0.5, 0.6) is 0 Å². The van der Waals surface area contributed by atoms with Crippen LogP contribution in [0.2, 0.25) is 0 Å². The third-order valence-electron chi connectivity index (χ3n) is 2.15. The van der Waals surface area contributed by atoms with Crippen molar-refractivity contribution in [1.29, 1.82) is 0 Å². The summed E-state index contributed by atoms with van der Waals surface area (Å²) in [6, 6.07) is 9.77. The normalized spacial score (nSPS) is 20.9. The number of carbonyl (C=O) groups is 1. The van der Waals surface area contributed by atoms with Gasteiger partial charge in [-0.05, 0) is 18.6 Å². The van der Waals surface area contributed by atoms with Crippen LogP contribution in [0.25, 0.3) is 0 Å². The first-order valence-electron chi connectivity index (χ1n) is 4.62. The van der Waals surface area contributed by atoms with E-state index < -0.39 is 0 Å². The first-order chi connectivity index (χ1) is 6.90. The van der Waals surface area contributed by atoms with Crippen LogP contribution in [0, 0.1) is 0 Å². The minimum Gasteiger partial charge on any atom is -0.302 e. The fourth-order valence-electron chi connectivity index (χ4n) is 1.42. The first kappa shape index (κ1) is 8.97. The Morgan fingerprint density at radius 1 is 1.36 bits per heavy atom. The molecule has 1 N–H and O–H groups in total. The van der Waals surface area contributed by atoms with Gasteiger partial charge in [0.2, 0.25) is 0 Å². The first-order valence-corrected chi connectivity index (χ1v) is 4.62. The van der Waals surface area contributed by atoms with Gasteiger partial charge in [-0.15, -0.1) is 0 Å². The summed E-state index contributed by atoms with van der Waals surface area (Å²) in [5.74, 6) is 0. The van der Waals surface area contributed by atoms with Crippen LogP contribution in [-0.2, 0) is 4.79 Å². The number of rotatable bonds is 2. The summed E-state index contributed by atoms with van der Waals surface area (Å²) < 4.78 is 0. The van der Waals surface area contributed by atoms with Crippen molar-refractivity contribution in [3.8, 4) is 0 Å². The van der Waals surface area contributed by atoms with Crippen LogP contribution in [0.1, 0.15) is 6.42 Å². The molecule has 0 bridgehead atoms. The lowest BCUT2D eigenvalue weighted by Crippen LogP contribution is -2.44. The van der Waals surface area contributed by atoms with Crippen molar-refractivity contribution in [3.63, 3.8) is 0 Å². The van der Waals surface area contributed by atoms with E-state index in [9.17, 15) is 4.79 Å². The monoisotopic (exact) mass is 188 g/mol.